The Morgan fingerprint density at radius 2 is 1.87 bits per heavy atom. The van der Waals surface area contributed by atoms with E-state index >= 15 is 0 Å². The number of nitrogens with zero attached hydrogens (tertiary/aromatic N) is 2. The van der Waals surface area contributed by atoms with E-state index in [1.165, 1.54) is 12.1 Å². The Kier molecular flexibility index (Phi) is 3.80. The van der Waals surface area contributed by atoms with Crippen molar-refractivity contribution >= 4 is 22.6 Å². The average molecular weight is 310 g/mol. The van der Waals surface area contributed by atoms with Crippen LogP contribution in [0.15, 0.2) is 54.7 Å². The van der Waals surface area contributed by atoms with Crippen LogP contribution in [0.5, 0.6) is 0 Å². The number of esters is 1. The van der Waals surface area contributed by atoms with Gasteiger partial charge in [-0.05, 0) is 23.8 Å². The number of ether oxygens (including phenoxy) is 1. The van der Waals surface area contributed by atoms with Gasteiger partial charge in [0.2, 0.25) is 0 Å². The number of benzene rings is 2. The third kappa shape index (κ3) is 2.91. The van der Waals surface area contributed by atoms with Crippen LogP contribution in [0.4, 0.5) is 5.69 Å². The standard InChI is InChI=1S/C17H14N2O4/c1-18-10-15(14-4-2-3-5-16(14)18)17(20)23-11-12-6-8-13(9-7-12)19(21)22/h2-10H,11H2,1H3. The summed E-state index contributed by atoms with van der Waals surface area (Å²) in [5.74, 6) is -0.417. The number of nitro benzene ring substituents is 1. The highest BCUT2D eigenvalue weighted by Gasteiger charge is 2.15. The quantitative estimate of drug-likeness (QED) is 0.420. The molecule has 1 aromatic heterocycles. The van der Waals surface area contributed by atoms with Crippen LogP contribution in [-0.4, -0.2) is 15.5 Å². The van der Waals surface area contributed by atoms with Crippen LogP contribution in [0, 0.1) is 10.1 Å². The zero-order valence-electron chi connectivity index (χ0n) is 12.4. The van der Waals surface area contributed by atoms with E-state index in [1.807, 2.05) is 35.9 Å². The lowest BCUT2D eigenvalue weighted by Crippen LogP contribution is -2.04. The van der Waals surface area contributed by atoms with Crippen LogP contribution in [0.1, 0.15) is 15.9 Å². The lowest BCUT2D eigenvalue weighted by Gasteiger charge is -2.04. The summed E-state index contributed by atoms with van der Waals surface area (Å²) in [4.78, 5) is 22.4. The SMILES string of the molecule is Cn1cc(C(=O)OCc2ccc([N+](=O)[O-])cc2)c2ccccc21. The number of aromatic nitrogens is 1. The van der Waals surface area contributed by atoms with Crippen molar-refractivity contribution in [3.8, 4) is 0 Å². The number of fused-ring (bicyclic) bond motifs is 1. The monoisotopic (exact) mass is 310 g/mol. The maximum absolute atomic E-state index is 12.3. The Morgan fingerprint density at radius 1 is 1.17 bits per heavy atom. The maximum atomic E-state index is 12.3. The molecule has 23 heavy (non-hydrogen) atoms. The molecule has 0 aliphatic carbocycles. The molecule has 0 atom stereocenters. The molecule has 0 aliphatic heterocycles. The van der Waals surface area contributed by atoms with E-state index in [0.717, 1.165) is 10.9 Å². The van der Waals surface area contributed by atoms with Crippen molar-refractivity contribution in [2.75, 3.05) is 0 Å². The first-order valence-electron chi connectivity index (χ1n) is 7.01. The second kappa shape index (κ2) is 5.92. The van der Waals surface area contributed by atoms with Crippen LogP contribution in [0.25, 0.3) is 10.9 Å². The van der Waals surface area contributed by atoms with Crippen LogP contribution in [0.3, 0.4) is 0 Å². The van der Waals surface area contributed by atoms with Gasteiger partial charge in [-0.1, -0.05) is 18.2 Å². The summed E-state index contributed by atoms with van der Waals surface area (Å²) in [5.41, 5.74) is 2.16. The fourth-order valence-corrected chi connectivity index (χ4v) is 2.44. The van der Waals surface area contributed by atoms with E-state index in [2.05, 4.69) is 0 Å². The largest absolute Gasteiger partial charge is 0.457 e. The molecule has 6 nitrogen and oxygen atoms in total. The van der Waals surface area contributed by atoms with Crippen LogP contribution in [0.2, 0.25) is 0 Å². The van der Waals surface area contributed by atoms with Crippen LogP contribution < -0.4 is 0 Å². The van der Waals surface area contributed by atoms with Gasteiger partial charge in [-0.25, -0.2) is 4.79 Å². The molecular weight excluding hydrogens is 296 g/mol. The van der Waals surface area contributed by atoms with Crippen molar-refractivity contribution in [1.82, 2.24) is 4.57 Å². The van der Waals surface area contributed by atoms with Gasteiger partial charge >= 0.3 is 5.97 Å². The Hall–Kier alpha value is -3.15. The molecule has 2 aromatic carbocycles. The van der Waals surface area contributed by atoms with Crippen LogP contribution in [-0.2, 0) is 18.4 Å². The smallest absolute Gasteiger partial charge is 0.340 e. The molecule has 1 heterocycles. The van der Waals surface area contributed by atoms with E-state index in [0.29, 0.717) is 11.1 Å². The molecule has 3 aromatic rings. The van der Waals surface area contributed by atoms with Crippen molar-refractivity contribution in [3.63, 3.8) is 0 Å². The second-order valence-electron chi connectivity index (χ2n) is 5.17. The van der Waals surface area contributed by atoms with Gasteiger partial charge < -0.3 is 9.30 Å². The van der Waals surface area contributed by atoms with E-state index in [9.17, 15) is 14.9 Å². The van der Waals surface area contributed by atoms with Crippen molar-refractivity contribution in [1.29, 1.82) is 0 Å². The predicted molar refractivity (Wildman–Crippen MR) is 85.1 cm³/mol. The minimum absolute atomic E-state index is 0.00845. The number of hydrogen-bond acceptors (Lipinski definition) is 4. The highest BCUT2D eigenvalue weighted by atomic mass is 16.6. The number of non-ortho nitro benzene ring substituents is 1. The molecule has 116 valence electrons. The summed E-state index contributed by atoms with van der Waals surface area (Å²) in [7, 11) is 1.87. The van der Waals surface area contributed by atoms with E-state index < -0.39 is 10.9 Å². The third-order valence-electron chi connectivity index (χ3n) is 3.63. The number of carbonyl (C=O) groups is 1. The number of rotatable bonds is 4. The Labute approximate surface area is 132 Å². The van der Waals surface area contributed by atoms with Gasteiger partial charge in [-0.2, -0.15) is 0 Å². The van der Waals surface area contributed by atoms with Crippen LogP contribution >= 0.6 is 0 Å². The first kappa shape index (κ1) is 14.8. The lowest BCUT2D eigenvalue weighted by molar-refractivity contribution is -0.384. The van der Waals surface area contributed by atoms with E-state index in [4.69, 9.17) is 4.74 Å². The van der Waals surface area contributed by atoms with Gasteiger partial charge in [0.25, 0.3) is 5.69 Å². The van der Waals surface area contributed by atoms with Gasteiger partial charge in [0, 0.05) is 36.3 Å². The number of hydrogen-bond donors (Lipinski definition) is 0. The molecular formula is C17H14N2O4. The fraction of sp³-hybridized carbons (Fsp3) is 0.118. The number of para-hydroxylation sites is 1. The molecule has 0 bridgehead atoms. The number of aryl methyl sites for hydroxylation is 1. The molecule has 0 aliphatic rings. The van der Waals surface area contributed by atoms with E-state index in [-0.39, 0.29) is 12.3 Å². The molecule has 0 saturated heterocycles. The minimum Gasteiger partial charge on any atom is -0.457 e. The summed E-state index contributed by atoms with van der Waals surface area (Å²) in [5, 5.41) is 11.4. The molecule has 6 heteroatoms. The molecule has 0 spiro atoms. The van der Waals surface area contributed by atoms with Gasteiger partial charge in [-0.3, -0.25) is 10.1 Å². The molecule has 0 fully saturated rings. The van der Waals surface area contributed by atoms with Gasteiger partial charge in [0.15, 0.2) is 0 Å². The summed E-state index contributed by atoms with van der Waals surface area (Å²) in [6.07, 6.45) is 1.74. The summed E-state index contributed by atoms with van der Waals surface area (Å²) < 4.78 is 7.19. The zero-order chi connectivity index (χ0) is 16.4. The van der Waals surface area contributed by atoms with Gasteiger partial charge in [-0.15, -0.1) is 0 Å². The maximum Gasteiger partial charge on any atom is 0.340 e. The van der Waals surface area contributed by atoms with Crippen molar-refractivity contribution in [2.24, 2.45) is 7.05 Å². The summed E-state index contributed by atoms with van der Waals surface area (Å²) in [6.45, 7) is 0.0695. The number of nitro groups is 1. The first-order chi connectivity index (χ1) is 11.1. The zero-order valence-corrected chi connectivity index (χ0v) is 12.4. The van der Waals surface area contributed by atoms with Gasteiger partial charge in [0.05, 0.1) is 10.5 Å². The molecule has 3 rings (SSSR count). The summed E-state index contributed by atoms with van der Waals surface area (Å²) >= 11 is 0. The van der Waals surface area contributed by atoms with Gasteiger partial charge in [0.1, 0.15) is 6.61 Å². The number of carbonyl (C=O) groups excluding carboxylic acids is 1. The average Bonchev–Trinajstić information content (AvgIpc) is 2.90. The summed E-state index contributed by atoms with van der Waals surface area (Å²) in [6, 6.07) is 13.5. The highest BCUT2D eigenvalue weighted by molar-refractivity contribution is 6.04. The van der Waals surface area contributed by atoms with Crippen molar-refractivity contribution in [2.45, 2.75) is 6.61 Å². The molecule has 0 radical (unpaired) electrons. The highest BCUT2D eigenvalue weighted by Crippen LogP contribution is 2.21. The fourth-order valence-electron chi connectivity index (χ4n) is 2.44. The Balaban J connectivity index is 1.75. The Morgan fingerprint density at radius 3 is 2.57 bits per heavy atom. The Bertz CT molecular complexity index is 881. The molecule has 0 amide bonds. The normalized spacial score (nSPS) is 10.7. The lowest BCUT2D eigenvalue weighted by atomic mass is 10.2. The van der Waals surface area contributed by atoms with E-state index in [1.54, 1.807) is 18.3 Å². The predicted octanol–water partition coefficient (Wildman–Crippen LogP) is 3.44. The molecule has 0 saturated carbocycles. The topological polar surface area (TPSA) is 74.4 Å². The molecule has 0 N–H and O–H groups in total. The second-order valence-corrected chi connectivity index (χ2v) is 5.17. The molecule has 0 unspecified atom stereocenters. The van der Waals surface area contributed by atoms with Crippen molar-refractivity contribution < 1.29 is 14.5 Å². The van der Waals surface area contributed by atoms with Crippen molar-refractivity contribution in [3.05, 3.63) is 76.0 Å². The minimum atomic E-state index is -0.466. The first-order valence-corrected chi connectivity index (χ1v) is 7.01. The third-order valence-corrected chi connectivity index (χ3v) is 3.63.